The zero-order valence-corrected chi connectivity index (χ0v) is 17.4. The first kappa shape index (κ1) is 19.7. The summed E-state index contributed by atoms with van der Waals surface area (Å²) in [6, 6.07) is 6.08. The second-order valence-electron chi connectivity index (χ2n) is 8.63. The highest BCUT2D eigenvalue weighted by Gasteiger charge is 2.30. The Bertz CT molecular complexity index is 870. The van der Waals surface area contributed by atoms with E-state index in [2.05, 4.69) is 32.2 Å². The third kappa shape index (κ3) is 4.70. The van der Waals surface area contributed by atoms with Crippen LogP contribution < -0.4 is 15.1 Å². The van der Waals surface area contributed by atoms with E-state index in [0.717, 1.165) is 61.9 Å². The number of nitrogens with zero attached hydrogens (tertiary/aromatic N) is 4. The minimum Gasteiger partial charge on any atom is -0.444 e. The van der Waals surface area contributed by atoms with Gasteiger partial charge in [-0.25, -0.2) is 9.78 Å². The Morgan fingerprint density at radius 2 is 2.03 bits per heavy atom. The van der Waals surface area contributed by atoms with Crippen molar-refractivity contribution in [3.8, 4) is 0 Å². The highest BCUT2D eigenvalue weighted by molar-refractivity contribution is 5.92. The predicted molar refractivity (Wildman–Crippen MR) is 113 cm³/mol. The van der Waals surface area contributed by atoms with Crippen molar-refractivity contribution in [2.75, 3.05) is 55.7 Å². The summed E-state index contributed by atoms with van der Waals surface area (Å²) < 4.78 is 10.8. The van der Waals surface area contributed by atoms with Gasteiger partial charge < -0.3 is 24.6 Å². The maximum atomic E-state index is 11.9. The molecule has 2 aromatic heterocycles. The van der Waals surface area contributed by atoms with Crippen molar-refractivity contribution in [3.05, 3.63) is 24.4 Å². The first-order chi connectivity index (χ1) is 13.9. The van der Waals surface area contributed by atoms with E-state index in [9.17, 15) is 4.79 Å². The van der Waals surface area contributed by atoms with Crippen LogP contribution in [0.3, 0.4) is 0 Å². The fourth-order valence-electron chi connectivity index (χ4n) is 3.65. The molecule has 4 rings (SSSR count). The minimum atomic E-state index is -0.481. The van der Waals surface area contributed by atoms with Gasteiger partial charge in [-0.2, -0.15) is 0 Å². The molecule has 8 heteroatoms. The average molecular weight is 399 g/mol. The number of carbonyl (C=O) groups is 1. The molecule has 0 atom stereocenters. The van der Waals surface area contributed by atoms with Gasteiger partial charge in [0.2, 0.25) is 0 Å². The number of hydrogen-bond acceptors (Lipinski definition) is 7. The largest absolute Gasteiger partial charge is 0.444 e. The first-order valence-corrected chi connectivity index (χ1v) is 10.2. The van der Waals surface area contributed by atoms with Crippen LogP contribution in [-0.4, -0.2) is 67.6 Å². The lowest BCUT2D eigenvalue weighted by Crippen LogP contribution is -2.52. The SMILES string of the molecule is CC(C)(C)OC(=O)NCC1CN(c2nc(N3CCOCC3)cc3ncccc23)C1. The number of alkyl carbamates (subject to hydrolysis) is 1. The molecule has 0 bridgehead atoms. The monoisotopic (exact) mass is 399 g/mol. The topological polar surface area (TPSA) is 79.8 Å². The second-order valence-corrected chi connectivity index (χ2v) is 8.63. The van der Waals surface area contributed by atoms with Gasteiger partial charge >= 0.3 is 6.09 Å². The summed E-state index contributed by atoms with van der Waals surface area (Å²) in [7, 11) is 0. The molecular weight excluding hydrogens is 370 g/mol. The molecule has 0 spiro atoms. The van der Waals surface area contributed by atoms with Gasteiger partial charge in [0.25, 0.3) is 0 Å². The standard InChI is InChI=1S/C21H29N5O3/c1-21(2,3)29-20(27)23-12-15-13-26(14-15)19-16-5-4-6-22-17(16)11-18(24-19)25-7-9-28-10-8-25/h4-6,11,15H,7-10,12-14H2,1-3H3,(H,23,27). The average Bonchev–Trinajstić information content (AvgIpc) is 2.65. The summed E-state index contributed by atoms with van der Waals surface area (Å²) in [6.07, 6.45) is 1.46. The lowest BCUT2D eigenvalue weighted by atomic mass is 9.99. The number of aromatic nitrogens is 2. The molecule has 4 heterocycles. The van der Waals surface area contributed by atoms with Gasteiger partial charge in [-0.15, -0.1) is 0 Å². The van der Waals surface area contributed by atoms with Gasteiger partial charge in [0.05, 0.1) is 18.7 Å². The van der Waals surface area contributed by atoms with Crippen molar-refractivity contribution in [1.82, 2.24) is 15.3 Å². The molecule has 156 valence electrons. The fraction of sp³-hybridized carbons (Fsp3) is 0.571. The number of fused-ring (bicyclic) bond motifs is 1. The lowest BCUT2D eigenvalue weighted by molar-refractivity contribution is 0.0516. The minimum absolute atomic E-state index is 0.363. The maximum absolute atomic E-state index is 11.9. The molecule has 2 aliphatic heterocycles. The van der Waals surface area contributed by atoms with Crippen LogP contribution in [-0.2, 0) is 9.47 Å². The number of anilines is 2. The summed E-state index contributed by atoms with van der Waals surface area (Å²) in [6.45, 7) is 11.0. The zero-order chi connectivity index (χ0) is 20.4. The molecular formula is C21H29N5O3. The molecule has 0 saturated carbocycles. The van der Waals surface area contributed by atoms with E-state index in [0.29, 0.717) is 12.5 Å². The van der Waals surface area contributed by atoms with Gasteiger partial charge in [0, 0.05) is 56.3 Å². The number of amides is 1. The van der Waals surface area contributed by atoms with Crippen LogP contribution in [0.25, 0.3) is 10.9 Å². The van der Waals surface area contributed by atoms with Gasteiger partial charge in [-0.1, -0.05) is 0 Å². The van der Waals surface area contributed by atoms with E-state index >= 15 is 0 Å². The summed E-state index contributed by atoms with van der Waals surface area (Å²) in [5, 5.41) is 3.93. The van der Waals surface area contributed by atoms with E-state index in [1.165, 1.54) is 0 Å². The van der Waals surface area contributed by atoms with Gasteiger partial charge in [-0.05, 0) is 32.9 Å². The number of ether oxygens (including phenoxy) is 2. The van der Waals surface area contributed by atoms with E-state index < -0.39 is 5.60 Å². The number of rotatable bonds is 4. The van der Waals surface area contributed by atoms with Crippen molar-refractivity contribution in [1.29, 1.82) is 0 Å². The van der Waals surface area contributed by atoms with Crippen LogP contribution in [0.1, 0.15) is 20.8 Å². The Balaban J connectivity index is 1.43. The van der Waals surface area contributed by atoms with E-state index in [1.807, 2.05) is 33.0 Å². The summed E-state index contributed by atoms with van der Waals surface area (Å²) in [5.41, 5.74) is 0.472. The van der Waals surface area contributed by atoms with Crippen LogP contribution in [0.15, 0.2) is 24.4 Å². The summed E-state index contributed by atoms with van der Waals surface area (Å²) in [4.78, 5) is 25.9. The number of carbonyl (C=O) groups excluding carboxylic acids is 1. The molecule has 2 aromatic rings. The third-order valence-corrected chi connectivity index (χ3v) is 5.09. The molecule has 2 aliphatic rings. The summed E-state index contributed by atoms with van der Waals surface area (Å²) >= 11 is 0. The number of pyridine rings is 2. The van der Waals surface area contributed by atoms with Crippen molar-refractivity contribution in [2.45, 2.75) is 26.4 Å². The second kappa shape index (κ2) is 8.02. The highest BCUT2D eigenvalue weighted by atomic mass is 16.6. The quantitative estimate of drug-likeness (QED) is 0.846. The molecule has 0 unspecified atom stereocenters. The van der Waals surface area contributed by atoms with Gasteiger partial charge in [-0.3, -0.25) is 4.98 Å². The van der Waals surface area contributed by atoms with Crippen molar-refractivity contribution in [3.63, 3.8) is 0 Å². The van der Waals surface area contributed by atoms with Crippen LogP contribution in [0.5, 0.6) is 0 Å². The first-order valence-electron chi connectivity index (χ1n) is 10.2. The van der Waals surface area contributed by atoms with Crippen LogP contribution in [0.4, 0.5) is 16.4 Å². The van der Waals surface area contributed by atoms with Gasteiger partial charge in [0.1, 0.15) is 17.2 Å². The smallest absolute Gasteiger partial charge is 0.407 e. The normalized spacial score (nSPS) is 17.9. The fourth-order valence-corrected chi connectivity index (χ4v) is 3.65. The number of morpholine rings is 1. The van der Waals surface area contributed by atoms with Crippen LogP contribution in [0, 0.1) is 5.92 Å². The van der Waals surface area contributed by atoms with Crippen molar-refractivity contribution in [2.24, 2.45) is 5.92 Å². The molecule has 2 fully saturated rings. The Morgan fingerprint density at radius 1 is 1.28 bits per heavy atom. The Labute approximate surface area is 171 Å². The molecule has 1 amide bonds. The predicted octanol–water partition coefficient (Wildman–Crippen LogP) is 2.43. The zero-order valence-electron chi connectivity index (χ0n) is 17.4. The van der Waals surface area contributed by atoms with E-state index in [-0.39, 0.29) is 6.09 Å². The molecule has 0 aromatic carbocycles. The van der Waals surface area contributed by atoms with Crippen molar-refractivity contribution < 1.29 is 14.3 Å². The molecule has 0 aliphatic carbocycles. The third-order valence-electron chi connectivity index (χ3n) is 5.09. The molecule has 0 radical (unpaired) electrons. The van der Waals surface area contributed by atoms with Gasteiger partial charge in [0.15, 0.2) is 0 Å². The number of nitrogens with one attached hydrogen (secondary N) is 1. The van der Waals surface area contributed by atoms with E-state index in [4.69, 9.17) is 14.5 Å². The maximum Gasteiger partial charge on any atom is 0.407 e. The Kier molecular flexibility index (Phi) is 5.45. The van der Waals surface area contributed by atoms with E-state index in [1.54, 1.807) is 0 Å². The molecule has 1 N–H and O–H groups in total. The molecule has 2 saturated heterocycles. The van der Waals surface area contributed by atoms with Crippen LogP contribution >= 0.6 is 0 Å². The molecule has 29 heavy (non-hydrogen) atoms. The van der Waals surface area contributed by atoms with Crippen LogP contribution in [0.2, 0.25) is 0 Å². The highest BCUT2D eigenvalue weighted by Crippen LogP contribution is 2.32. The number of hydrogen-bond donors (Lipinski definition) is 1. The Hall–Kier alpha value is -2.61. The Morgan fingerprint density at radius 3 is 2.76 bits per heavy atom. The molecule has 8 nitrogen and oxygen atoms in total. The lowest BCUT2D eigenvalue weighted by Gasteiger charge is -2.41. The summed E-state index contributed by atoms with van der Waals surface area (Å²) in [5.74, 6) is 2.29. The van der Waals surface area contributed by atoms with Crippen molar-refractivity contribution >= 4 is 28.6 Å².